The van der Waals surface area contributed by atoms with Crippen LogP contribution < -0.4 is 11.3 Å². The first-order valence-corrected chi connectivity index (χ1v) is 6.93. The number of thiophene rings is 1. The Morgan fingerprint density at radius 2 is 2.41 bits per heavy atom. The van der Waals surface area contributed by atoms with Crippen molar-refractivity contribution in [2.75, 3.05) is 6.54 Å². The van der Waals surface area contributed by atoms with Gasteiger partial charge in [-0.25, -0.2) is 5.84 Å². The maximum atomic E-state index is 11.0. The van der Waals surface area contributed by atoms with E-state index in [1.165, 1.54) is 17.7 Å². The molecule has 1 heterocycles. The second-order valence-corrected chi connectivity index (χ2v) is 5.48. The zero-order chi connectivity index (χ0) is 12.1. The van der Waals surface area contributed by atoms with Crippen molar-refractivity contribution in [3.8, 4) is 0 Å². The molecule has 0 aromatic carbocycles. The van der Waals surface area contributed by atoms with E-state index in [4.69, 9.17) is 5.84 Å². The number of nitrogens with one attached hydrogen (secondary N) is 1. The van der Waals surface area contributed by atoms with E-state index in [9.17, 15) is 4.79 Å². The van der Waals surface area contributed by atoms with Gasteiger partial charge in [-0.1, -0.05) is 6.07 Å². The largest absolute Gasteiger partial charge is 0.295 e. The number of hydrogen-bond donors (Lipinski definition) is 2. The molecule has 94 valence electrons. The van der Waals surface area contributed by atoms with Crippen LogP contribution in [0.1, 0.15) is 30.6 Å². The number of hydrazine groups is 1. The summed E-state index contributed by atoms with van der Waals surface area (Å²) in [6.07, 6.45) is 4.00. The second kappa shape index (κ2) is 6.14. The van der Waals surface area contributed by atoms with Gasteiger partial charge in [-0.15, -0.1) is 11.3 Å². The van der Waals surface area contributed by atoms with Crippen molar-refractivity contribution in [2.24, 2.45) is 5.84 Å². The fourth-order valence-electron chi connectivity index (χ4n) is 1.95. The average Bonchev–Trinajstić information content (AvgIpc) is 3.06. The molecule has 0 unspecified atom stereocenters. The predicted molar refractivity (Wildman–Crippen MR) is 69.3 cm³/mol. The highest BCUT2D eigenvalue weighted by Crippen LogP contribution is 2.29. The van der Waals surface area contributed by atoms with Crippen LogP contribution in [0.4, 0.5) is 0 Å². The summed E-state index contributed by atoms with van der Waals surface area (Å²) in [5.74, 6) is 4.99. The molecule has 0 saturated heterocycles. The molecule has 1 aromatic heterocycles. The van der Waals surface area contributed by atoms with Crippen LogP contribution in [0.3, 0.4) is 0 Å². The molecule has 1 aliphatic rings. The first-order valence-electron chi connectivity index (χ1n) is 6.05. The monoisotopic (exact) mass is 253 g/mol. The van der Waals surface area contributed by atoms with Crippen molar-refractivity contribution < 1.29 is 4.79 Å². The van der Waals surface area contributed by atoms with Crippen LogP contribution in [0.2, 0.25) is 0 Å². The number of carbonyl (C=O) groups excluding carboxylic acids is 1. The molecule has 0 bridgehead atoms. The minimum atomic E-state index is -0.0723. The van der Waals surface area contributed by atoms with E-state index in [1.807, 2.05) is 0 Å². The lowest BCUT2D eigenvalue weighted by Gasteiger charge is -2.20. The van der Waals surface area contributed by atoms with Crippen molar-refractivity contribution in [3.63, 3.8) is 0 Å². The lowest BCUT2D eigenvalue weighted by molar-refractivity contribution is -0.121. The SMILES string of the molecule is NNC(=O)CCCN(Cc1cccs1)C1CC1. The summed E-state index contributed by atoms with van der Waals surface area (Å²) in [6.45, 7) is 2.00. The van der Waals surface area contributed by atoms with Crippen LogP contribution in [0.15, 0.2) is 17.5 Å². The quantitative estimate of drug-likeness (QED) is 0.440. The van der Waals surface area contributed by atoms with Crippen LogP contribution in [-0.4, -0.2) is 23.4 Å². The van der Waals surface area contributed by atoms with Crippen LogP contribution in [0, 0.1) is 0 Å². The Kier molecular flexibility index (Phi) is 4.53. The molecule has 0 atom stereocenters. The third-order valence-electron chi connectivity index (χ3n) is 3.01. The number of nitrogens with zero attached hydrogens (tertiary/aromatic N) is 1. The molecule has 0 aliphatic heterocycles. The molecular weight excluding hydrogens is 234 g/mol. The van der Waals surface area contributed by atoms with Gasteiger partial charge < -0.3 is 0 Å². The first-order chi connectivity index (χ1) is 8.29. The molecule has 17 heavy (non-hydrogen) atoms. The van der Waals surface area contributed by atoms with Crippen molar-refractivity contribution >= 4 is 17.2 Å². The summed E-state index contributed by atoms with van der Waals surface area (Å²) in [7, 11) is 0. The molecule has 1 amide bonds. The Morgan fingerprint density at radius 1 is 1.59 bits per heavy atom. The van der Waals surface area contributed by atoms with Gasteiger partial charge in [0.15, 0.2) is 0 Å². The molecule has 0 radical (unpaired) electrons. The zero-order valence-electron chi connectivity index (χ0n) is 9.89. The van der Waals surface area contributed by atoms with Gasteiger partial charge >= 0.3 is 0 Å². The van der Waals surface area contributed by atoms with E-state index < -0.39 is 0 Å². The van der Waals surface area contributed by atoms with Gasteiger partial charge in [0, 0.05) is 23.9 Å². The van der Waals surface area contributed by atoms with Gasteiger partial charge in [0.2, 0.25) is 5.91 Å². The predicted octanol–water partition coefficient (Wildman–Crippen LogP) is 1.48. The number of carbonyl (C=O) groups is 1. The Hall–Kier alpha value is -0.910. The first kappa shape index (κ1) is 12.5. The van der Waals surface area contributed by atoms with Gasteiger partial charge in [0.25, 0.3) is 0 Å². The fraction of sp³-hybridized carbons (Fsp3) is 0.583. The smallest absolute Gasteiger partial charge is 0.233 e. The van der Waals surface area contributed by atoms with Gasteiger partial charge in [-0.05, 0) is 37.3 Å². The summed E-state index contributed by atoms with van der Waals surface area (Å²) in [5.41, 5.74) is 2.17. The van der Waals surface area contributed by atoms with E-state index in [0.717, 1.165) is 25.6 Å². The standard InChI is InChI=1S/C12H19N3OS/c13-14-12(16)4-1-7-15(10-5-6-10)9-11-3-2-8-17-11/h2-3,8,10H,1,4-7,9,13H2,(H,14,16). The third kappa shape index (κ3) is 4.11. The van der Waals surface area contributed by atoms with Gasteiger partial charge in [0.1, 0.15) is 0 Å². The number of rotatable bonds is 7. The Balaban J connectivity index is 1.75. The van der Waals surface area contributed by atoms with E-state index in [2.05, 4.69) is 27.8 Å². The summed E-state index contributed by atoms with van der Waals surface area (Å²) in [5, 5.41) is 2.11. The molecule has 1 aromatic rings. The zero-order valence-corrected chi connectivity index (χ0v) is 10.7. The van der Waals surface area contributed by atoms with Crippen molar-refractivity contribution in [3.05, 3.63) is 22.4 Å². The molecule has 1 aliphatic carbocycles. The number of hydrogen-bond acceptors (Lipinski definition) is 4. The highest BCUT2D eigenvalue weighted by atomic mass is 32.1. The van der Waals surface area contributed by atoms with Crippen LogP contribution >= 0.6 is 11.3 Å². The molecular formula is C12H19N3OS. The van der Waals surface area contributed by atoms with Crippen LogP contribution in [0.5, 0.6) is 0 Å². The molecule has 0 spiro atoms. The summed E-state index contributed by atoms with van der Waals surface area (Å²) >= 11 is 1.80. The van der Waals surface area contributed by atoms with E-state index in [1.54, 1.807) is 11.3 Å². The maximum absolute atomic E-state index is 11.0. The number of amides is 1. The lowest BCUT2D eigenvalue weighted by atomic mass is 10.2. The number of nitrogens with two attached hydrogens (primary N) is 1. The molecule has 3 N–H and O–H groups in total. The van der Waals surface area contributed by atoms with Gasteiger partial charge in [-0.2, -0.15) is 0 Å². The van der Waals surface area contributed by atoms with Crippen LogP contribution in [-0.2, 0) is 11.3 Å². The fourth-order valence-corrected chi connectivity index (χ4v) is 2.68. The van der Waals surface area contributed by atoms with Gasteiger partial charge in [0.05, 0.1) is 0 Å². The maximum Gasteiger partial charge on any atom is 0.233 e. The molecule has 5 heteroatoms. The molecule has 2 rings (SSSR count). The summed E-state index contributed by atoms with van der Waals surface area (Å²) in [6, 6.07) is 5.00. The third-order valence-corrected chi connectivity index (χ3v) is 3.87. The highest BCUT2D eigenvalue weighted by Gasteiger charge is 2.28. The Morgan fingerprint density at radius 3 is 3.00 bits per heavy atom. The van der Waals surface area contributed by atoms with E-state index in [0.29, 0.717) is 6.42 Å². The summed E-state index contributed by atoms with van der Waals surface area (Å²) in [4.78, 5) is 14.9. The average molecular weight is 253 g/mol. The minimum Gasteiger partial charge on any atom is -0.295 e. The van der Waals surface area contributed by atoms with Gasteiger partial charge in [-0.3, -0.25) is 15.1 Å². The normalized spacial score (nSPS) is 15.2. The Bertz CT molecular complexity index is 349. The van der Waals surface area contributed by atoms with Crippen LogP contribution in [0.25, 0.3) is 0 Å². The topological polar surface area (TPSA) is 58.4 Å². The molecule has 1 saturated carbocycles. The Labute approximate surface area is 106 Å². The van der Waals surface area contributed by atoms with E-state index >= 15 is 0 Å². The minimum absolute atomic E-state index is 0.0723. The second-order valence-electron chi connectivity index (χ2n) is 4.45. The van der Waals surface area contributed by atoms with Crippen molar-refractivity contribution in [2.45, 2.75) is 38.3 Å². The van der Waals surface area contributed by atoms with Crippen molar-refractivity contribution in [1.29, 1.82) is 0 Å². The summed E-state index contributed by atoms with van der Waals surface area (Å²) < 4.78 is 0. The highest BCUT2D eigenvalue weighted by molar-refractivity contribution is 7.09. The molecule has 4 nitrogen and oxygen atoms in total. The molecule has 1 fully saturated rings. The van der Waals surface area contributed by atoms with E-state index in [-0.39, 0.29) is 5.91 Å². The van der Waals surface area contributed by atoms with Crippen molar-refractivity contribution in [1.82, 2.24) is 10.3 Å². The lowest BCUT2D eigenvalue weighted by Crippen LogP contribution is -2.31.